The number of hydrogen-bond acceptors (Lipinski definition) is 0. The minimum atomic E-state index is -2.64. The van der Waals surface area contributed by atoms with Crippen LogP contribution in [0.1, 0.15) is 12.0 Å². The van der Waals surface area contributed by atoms with Crippen LogP contribution in [-0.2, 0) is 0 Å². The molecule has 0 aliphatic rings. The molecule has 0 nitrogen and oxygen atoms in total. The van der Waals surface area contributed by atoms with Gasteiger partial charge in [0.25, 0.3) is 6.43 Å². The standard InChI is InChI=1S/C13H8BrF3/c14-8-5-6-9(11(7-8)13(16)17)10-3-1-2-4-12(10)15/h1-7,13H. The van der Waals surface area contributed by atoms with Crippen molar-refractivity contribution in [1.29, 1.82) is 0 Å². The lowest BCUT2D eigenvalue weighted by atomic mass is 9.99. The van der Waals surface area contributed by atoms with E-state index in [1.54, 1.807) is 12.1 Å². The SMILES string of the molecule is Fc1ccccc1-c1ccc(Br)cc1C(F)F. The maximum absolute atomic E-state index is 13.6. The Hall–Kier alpha value is -1.29. The van der Waals surface area contributed by atoms with Crippen molar-refractivity contribution in [2.45, 2.75) is 6.43 Å². The fourth-order valence-electron chi connectivity index (χ4n) is 1.64. The molecule has 0 radical (unpaired) electrons. The van der Waals surface area contributed by atoms with Gasteiger partial charge in [-0.2, -0.15) is 0 Å². The van der Waals surface area contributed by atoms with Gasteiger partial charge in [0.05, 0.1) is 0 Å². The number of benzene rings is 2. The Bertz CT molecular complexity index is 538. The molecule has 0 saturated carbocycles. The summed E-state index contributed by atoms with van der Waals surface area (Å²) >= 11 is 3.13. The molecule has 0 unspecified atom stereocenters. The Morgan fingerprint density at radius 1 is 0.941 bits per heavy atom. The predicted molar refractivity (Wildman–Crippen MR) is 64.5 cm³/mol. The van der Waals surface area contributed by atoms with Gasteiger partial charge in [0.1, 0.15) is 5.82 Å². The summed E-state index contributed by atoms with van der Waals surface area (Å²) in [5.74, 6) is -0.503. The lowest BCUT2D eigenvalue weighted by molar-refractivity contribution is 0.152. The molecule has 0 spiro atoms. The van der Waals surface area contributed by atoms with Crippen LogP contribution in [0.25, 0.3) is 11.1 Å². The van der Waals surface area contributed by atoms with Crippen LogP contribution in [0.15, 0.2) is 46.9 Å². The summed E-state index contributed by atoms with van der Waals surface area (Å²) in [7, 11) is 0. The molecule has 2 aromatic rings. The van der Waals surface area contributed by atoms with Crippen molar-refractivity contribution in [1.82, 2.24) is 0 Å². The van der Waals surface area contributed by atoms with Gasteiger partial charge in [-0.3, -0.25) is 0 Å². The van der Waals surface area contributed by atoms with Gasteiger partial charge in [-0.05, 0) is 23.8 Å². The Morgan fingerprint density at radius 2 is 1.65 bits per heavy atom. The molecule has 88 valence electrons. The monoisotopic (exact) mass is 300 g/mol. The minimum absolute atomic E-state index is 0.176. The highest BCUT2D eigenvalue weighted by Gasteiger charge is 2.16. The third-order valence-corrected chi connectivity index (χ3v) is 2.91. The van der Waals surface area contributed by atoms with E-state index >= 15 is 0 Å². The summed E-state index contributed by atoms with van der Waals surface area (Å²) in [6, 6.07) is 10.3. The first-order valence-electron chi connectivity index (χ1n) is 4.92. The molecule has 0 bridgehead atoms. The van der Waals surface area contributed by atoms with E-state index < -0.39 is 12.2 Å². The predicted octanol–water partition coefficient (Wildman–Crippen LogP) is 5.19. The smallest absolute Gasteiger partial charge is 0.206 e. The summed E-state index contributed by atoms with van der Waals surface area (Å²) in [6.07, 6.45) is -2.64. The third-order valence-electron chi connectivity index (χ3n) is 2.41. The number of rotatable bonds is 2. The lowest BCUT2D eigenvalue weighted by Gasteiger charge is -2.10. The second-order valence-electron chi connectivity index (χ2n) is 3.51. The highest BCUT2D eigenvalue weighted by atomic mass is 79.9. The number of halogens is 4. The Balaban J connectivity index is 2.63. The second kappa shape index (κ2) is 4.92. The van der Waals surface area contributed by atoms with Crippen molar-refractivity contribution in [3.8, 4) is 11.1 Å². The number of alkyl halides is 2. The first-order chi connectivity index (χ1) is 8.09. The third kappa shape index (κ3) is 2.52. The quantitative estimate of drug-likeness (QED) is 0.716. The summed E-state index contributed by atoms with van der Waals surface area (Å²) in [5, 5.41) is 0. The van der Waals surface area contributed by atoms with E-state index in [0.29, 0.717) is 4.47 Å². The first kappa shape index (κ1) is 12.2. The highest BCUT2D eigenvalue weighted by molar-refractivity contribution is 9.10. The minimum Gasteiger partial charge on any atom is -0.206 e. The molecule has 17 heavy (non-hydrogen) atoms. The summed E-state index contributed by atoms with van der Waals surface area (Å²) < 4.78 is 39.9. The summed E-state index contributed by atoms with van der Waals surface area (Å²) in [6.45, 7) is 0. The van der Waals surface area contributed by atoms with Crippen molar-refractivity contribution >= 4 is 15.9 Å². The van der Waals surface area contributed by atoms with Gasteiger partial charge in [-0.15, -0.1) is 0 Å². The van der Waals surface area contributed by atoms with Crippen molar-refractivity contribution in [3.63, 3.8) is 0 Å². The lowest BCUT2D eigenvalue weighted by Crippen LogP contribution is -1.92. The first-order valence-corrected chi connectivity index (χ1v) is 5.71. The molecular weight excluding hydrogens is 293 g/mol. The van der Waals surface area contributed by atoms with Crippen LogP contribution in [0.5, 0.6) is 0 Å². The summed E-state index contributed by atoms with van der Waals surface area (Å²) in [5.41, 5.74) is 0.237. The van der Waals surface area contributed by atoms with Gasteiger partial charge in [-0.1, -0.05) is 40.2 Å². The van der Waals surface area contributed by atoms with Crippen LogP contribution < -0.4 is 0 Å². The van der Waals surface area contributed by atoms with Gasteiger partial charge in [0.15, 0.2) is 0 Å². The van der Waals surface area contributed by atoms with Gasteiger partial charge in [0, 0.05) is 15.6 Å². The fraction of sp³-hybridized carbons (Fsp3) is 0.0769. The zero-order valence-electron chi connectivity index (χ0n) is 8.63. The van der Waals surface area contributed by atoms with E-state index in [0.717, 1.165) is 0 Å². The van der Waals surface area contributed by atoms with E-state index in [1.165, 1.54) is 30.3 Å². The van der Waals surface area contributed by atoms with Crippen molar-refractivity contribution in [3.05, 3.63) is 58.3 Å². The molecule has 0 aromatic heterocycles. The van der Waals surface area contributed by atoms with Crippen molar-refractivity contribution in [2.75, 3.05) is 0 Å². The fourth-order valence-corrected chi connectivity index (χ4v) is 2.02. The van der Waals surface area contributed by atoms with Crippen LogP contribution in [0.2, 0.25) is 0 Å². The van der Waals surface area contributed by atoms with Gasteiger partial charge >= 0.3 is 0 Å². The molecule has 0 N–H and O–H groups in total. The van der Waals surface area contributed by atoms with Crippen LogP contribution >= 0.6 is 15.9 Å². The zero-order valence-corrected chi connectivity index (χ0v) is 10.2. The van der Waals surface area contributed by atoms with Crippen molar-refractivity contribution in [2.24, 2.45) is 0 Å². The van der Waals surface area contributed by atoms with E-state index in [1.807, 2.05) is 0 Å². The van der Waals surface area contributed by atoms with E-state index in [-0.39, 0.29) is 16.7 Å². The molecule has 0 aliphatic heterocycles. The van der Waals surface area contributed by atoms with E-state index in [2.05, 4.69) is 15.9 Å². The molecule has 0 aliphatic carbocycles. The maximum Gasteiger partial charge on any atom is 0.264 e. The molecule has 0 amide bonds. The molecule has 0 fully saturated rings. The Labute approximate surface area is 105 Å². The zero-order chi connectivity index (χ0) is 12.4. The second-order valence-corrected chi connectivity index (χ2v) is 4.43. The molecule has 2 aromatic carbocycles. The molecule has 0 atom stereocenters. The topological polar surface area (TPSA) is 0 Å². The summed E-state index contributed by atoms with van der Waals surface area (Å²) in [4.78, 5) is 0. The van der Waals surface area contributed by atoms with Crippen LogP contribution in [-0.4, -0.2) is 0 Å². The highest BCUT2D eigenvalue weighted by Crippen LogP contribution is 2.34. The molecular formula is C13H8BrF3. The molecule has 2 rings (SSSR count). The van der Waals surface area contributed by atoms with Gasteiger partial charge in [0.2, 0.25) is 0 Å². The molecule has 0 heterocycles. The molecule has 0 saturated heterocycles. The Morgan fingerprint density at radius 3 is 2.29 bits per heavy atom. The van der Waals surface area contributed by atoms with E-state index in [9.17, 15) is 13.2 Å². The Kier molecular flexibility index (Phi) is 3.52. The average molecular weight is 301 g/mol. The average Bonchev–Trinajstić information content (AvgIpc) is 2.30. The normalized spacial score (nSPS) is 10.9. The van der Waals surface area contributed by atoms with Crippen LogP contribution in [0.3, 0.4) is 0 Å². The van der Waals surface area contributed by atoms with Crippen molar-refractivity contribution < 1.29 is 13.2 Å². The van der Waals surface area contributed by atoms with Crippen LogP contribution in [0.4, 0.5) is 13.2 Å². The van der Waals surface area contributed by atoms with Gasteiger partial charge < -0.3 is 0 Å². The van der Waals surface area contributed by atoms with Crippen LogP contribution in [0, 0.1) is 5.82 Å². The van der Waals surface area contributed by atoms with Gasteiger partial charge in [-0.25, -0.2) is 13.2 Å². The molecule has 4 heteroatoms. The maximum atomic E-state index is 13.6. The number of hydrogen-bond donors (Lipinski definition) is 0. The van der Waals surface area contributed by atoms with E-state index in [4.69, 9.17) is 0 Å². The largest absolute Gasteiger partial charge is 0.264 e.